The van der Waals surface area contributed by atoms with Gasteiger partial charge in [-0.3, -0.25) is 9.36 Å². The highest BCUT2D eigenvalue weighted by atomic mass is 16.4. The summed E-state index contributed by atoms with van der Waals surface area (Å²) in [5.41, 5.74) is 1.08. The highest BCUT2D eigenvalue weighted by Crippen LogP contribution is 2.48. The molecule has 1 saturated carbocycles. The Morgan fingerprint density at radius 2 is 2.18 bits per heavy atom. The van der Waals surface area contributed by atoms with E-state index in [1.54, 1.807) is 25.2 Å². The van der Waals surface area contributed by atoms with Crippen molar-refractivity contribution < 1.29 is 14.3 Å². The van der Waals surface area contributed by atoms with Crippen LogP contribution in [0, 0.1) is 0 Å². The number of aromatic nitrogens is 1. The van der Waals surface area contributed by atoms with Gasteiger partial charge in [-0.1, -0.05) is 6.07 Å². The van der Waals surface area contributed by atoms with E-state index < -0.39 is 17.1 Å². The Morgan fingerprint density at radius 1 is 1.47 bits per heavy atom. The fourth-order valence-electron chi connectivity index (χ4n) is 2.18. The molecule has 1 heterocycles. The van der Waals surface area contributed by atoms with Crippen molar-refractivity contribution in [3.8, 4) is 0 Å². The van der Waals surface area contributed by atoms with Crippen LogP contribution in [0.15, 0.2) is 27.4 Å². The third-order valence-corrected chi connectivity index (χ3v) is 3.50. The van der Waals surface area contributed by atoms with Crippen molar-refractivity contribution in [2.75, 3.05) is 0 Å². The van der Waals surface area contributed by atoms with E-state index in [0.717, 1.165) is 0 Å². The molecule has 1 fully saturated rings. The molecule has 17 heavy (non-hydrogen) atoms. The Bertz CT molecular complexity index is 675. The van der Waals surface area contributed by atoms with Crippen molar-refractivity contribution >= 4 is 17.1 Å². The Hall–Kier alpha value is -2.04. The minimum atomic E-state index is -0.810. The van der Waals surface area contributed by atoms with Gasteiger partial charge in [-0.05, 0) is 30.5 Å². The van der Waals surface area contributed by atoms with Crippen molar-refractivity contribution in [2.24, 2.45) is 7.05 Å². The zero-order chi connectivity index (χ0) is 12.2. The number of carboxylic acid groups (broad SMARTS) is 1. The molecule has 1 aliphatic rings. The average molecular weight is 233 g/mol. The topological polar surface area (TPSA) is 72.4 Å². The second-order valence-electron chi connectivity index (χ2n) is 4.50. The Morgan fingerprint density at radius 3 is 2.76 bits per heavy atom. The van der Waals surface area contributed by atoms with Gasteiger partial charge < -0.3 is 9.52 Å². The van der Waals surface area contributed by atoms with Crippen LogP contribution < -0.4 is 5.76 Å². The highest BCUT2D eigenvalue weighted by Gasteiger charge is 2.51. The summed E-state index contributed by atoms with van der Waals surface area (Å²) >= 11 is 0. The molecule has 0 radical (unpaired) electrons. The van der Waals surface area contributed by atoms with Gasteiger partial charge >= 0.3 is 11.7 Å². The number of carboxylic acids is 1. The van der Waals surface area contributed by atoms with E-state index in [9.17, 15) is 14.7 Å². The summed E-state index contributed by atoms with van der Waals surface area (Å²) in [6.45, 7) is 0. The van der Waals surface area contributed by atoms with Gasteiger partial charge in [0.15, 0.2) is 5.58 Å². The van der Waals surface area contributed by atoms with E-state index in [2.05, 4.69) is 0 Å². The van der Waals surface area contributed by atoms with Crippen LogP contribution in [-0.4, -0.2) is 15.6 Å². The second kappa shape index (κ2) is 3.00. The summed E-state index contributed by atoms with van der Waals surface area (Å²) < 4.78 is 6.46. The number of aliphatic carboxylic acids is 1. The van der Waals surface area contributed by atoms with Gasteiger partial charge in [0.25, 0.3) is 0 Å². The molecule has 0 bridgehead atoms. The minimum absolute atomic E-state index is 0.433. The lowest BCUT2D eigenvalue weighted by Gasteiger charge is -2.09. The monoisotopic (exact) mass is 233 g/mol. The van der Waals surface area contributed by atoms with Crippen LogP contribution in [0.25, 0.3) is 11.1 Å². The lowest BCUT2D eigenvalue weighted by atomic mass is 9.96. The first-order valence-electron chi connectivity index (χ1n) is 5.38. The molecule has 5 heteroatoms. The molecule has 1 aromatic heterocycles. The van der Waals surface area contributed by atoms with Crippen LogP contribution in [0.2, 0.25) is 0 Å². The van der Waals surface area contributed by atoms with E-state index in [1.807, 2.05) is 0 Å². The van der Waals surface area contributed by atoms with Gasteiger partial charge in [0.05, 0.1) is 10.9 Å². The molecular formula is C12H11NO4. The maximum absolute atomic E-state index is 11.3. The van der Waals surface area contributed by atoms with Crippen LogP contribution in [0.3, 0.4) is 0 Å². The molecule has 1 aromatic carbocycles. The number of oxazole rings is 1. The molecule has 5 nitrogen and oxygen atoms in total. The molecule has 0 atom stereocenters. The van der Waals surface area contributed by atoms with Crippen LogP contribution in [0.4, 0.5) is 0 Å². The summed E-state index contributed by atoms with van der Waals surface area (Å²) in [5.74, 6) is -1.24. The largest absolute Gasteiger partial charge is 0.481 e. The van der Waals surface area contributed by atoms with Crippen molar-refractivity contribution in [1.29, 1.82) is 0 Å². The first-order chi connectivity index (χ1) is 8.04. The summed E-state index contributed by atoms with van der Waals surface area (Å²) in [4.78, 5) is 22.5. The molecule has 0 saturated heterocycles. The fraction of sp³-hybridized carbons (Fsp3) is 0.333. The molecular weight excluding hydrogens is 222 g/mol. The third-order valence-electron chi connectivity index (χ3n) is 3.50. The predicted octanol–water partition coefficient (Wildman–Crippen LogP) is 1.25. The van der Waals surface area contributed by atoms with Crippen molar-refractivity contribution in [2.45, 2.75) is 18.3 Å². The highest BCUT2D eigenvalue weighted by molar-refractivity contribution is 5.86. The van der Waals surface area contributed by atoms with E-state index in [1.165, 1.54) is 4.57 Å². The van der Waals surface area contributed by atoms with E-state index in [0.29, 0.717) is 29.5 Å². The van der Waals surface area contributed by atoms with E-state index in [-0.39, 0.29) is 0 Å². The number of benzene rings is 1. The molecule has 0 spiro atoms. The zero-order valence-electron chi connectivity index (χ0n) is 9.27. The van der Waals surface area contributed by atoms with Gasteiger partial charge in [-0.15, -0.1) is 0 Å². The second-order valence-corrected chi connectivity index (χ2v) is 4.50. The third kappa shape index (κ3) is 1.25. The zero-order valence-corrected chi connectivity index (χ0v) is 9.27. The standard InChI is InChI=1S/C12H11NO4/c1-13-8-3-2-7(6-9(8)17-11(13)16)12(4-5-12)10(14)15/h2-3,6H,4-5H2,1H3,(H,14,15). The number of nitrogens with zero attached hydrogens (tertiary/aromatic N) is 1. The number of fused-ring (bicyclic) bond motifs is 1. The first-order valence-corrected chi connectivity index (χ1v) is 5.38. The maximum atomic E-state index is 11.3. The minimum Gasteiger partial charge on any atom is -0.481 e. The average Bonchev–Trinajstić information content (AvgIpc) is 3.04. The van der Waals surface area contributed by atoms with Gasteiger partial charge in [0.1, 0.15) is 0 Å². The summed E-state index contributed by atoms with van der Waals surface area (Å²) in [6.07, 6.45) is 1.29. The number of carbonyl (C=O) groups is 1. The number of hydrogen-bond acceptors (Lipinski definition) is 3. The van der Waals surface area contributed by atoms with Crippen molar-refractivity contribution in [3.05, 3.63) is 34.3 Å². The summed E-state index contributed by atoms with van der Waals surface area (Å²) in [7, 11) is 1.62. The van der Waals surface area contributed by atoms with Gasteiger partial charge in [-0.2, -0.15) is 0 Å². The van der Waals surface area contributed by atoms with E-state index >= 15 is 0 Å². The fourth-order valence-corrected chi connectivity index (χ4v) is 2.18. The quantitative estimate of drug-likeness (QED) is 0.847. The van der Waals surface area contributed by atoms with Crippen molar-refractivity contribution in [3.63, 3.8) is 0 Å². The van der Waals surface area contributed by atoms with Gasteiger partial charge in [-0.25, -0.2) is 4.79 Å². The molecule has 0 unspecified atom stereocenters. The lowest BCUT2D eigenvalue weighted by Crippen LogP contribution is -2.19. The molecule has 2 aromatic rings. The summed E-state index contributed by atoms with van der Waals surface area (Å²) in [6, 6.07) is 5.16. The van der Waals surface area contributed by atoms with Crippen LogP contribution in [0.5, 0.6) is 0 Å². The number of hydrogen-bond donors (Lipinski definition) is 1. The van der Waals surface area contributed by atoms with Gasteiger partial charge in [0, 0.05) is 7.05 Å². The molecule has 88 valence electrons. The smallest absolute Gasteiger partial charge is 0.419 e. The molecule has 0 amide bonds. The first kappa shape index (κ1) is 10.1. The molecule has 0 aliphatic heterocycles. The predicted molar refractivity (Wildman–Crippen MR) is 60.0 cm³/mol. The Balaban J connectivity index is 2.21. The van der Waals surface area contributed by atoms with Crippen molar-refractivity contribution in [1.82, 2.24) is 4.57 Å². The normalized spacial score (nSPS) is 17.2. The molecule has 1 aliphatic carbocycles. The molecule has 1 N–H and O–H groups in total. The Labute approximate surface area is 96.3 Å². The maximum Gasteiger partial charge on any atom is 0.419 e. The van der Waals surface area contributed by atoms with E-state index in [4.69, 9.17) is 4.42 Å². The van der Waals surface area contributed by atoms with Crippen LogP contribution >= 0.6 is 0 Å². The molecule has 3 rings (SSSR count). The van der Waals surface area contributed by atoms with Crippen LogP contribution in [-0.2, 0) is 17.3 Å². The summed E-state index contributed by atoms with van der Waals surface area (Å²) in [5, 5.41) is 9.19. The van der Waals surface area contributed by atoms with Crippen LogP contribution in [0.1, 0.15) is 18.4 Å². The Kier molecular flexibility index (Phi) is 1.79. The number of rotatable bonds is 2. The number of aryl methyl sites for hydroxylation is 1. The van der Waals surface area contributed by atoms with Gasteiger partial charge in [0.2, 0.25) is 0 Å². The lowest BCUT2D eigenvalue weighted by molar-refractivity contribution is -0.140. The SMILES string of the molecule is Cn1c(=O)oc2cc(C3(C(=O)O)CC3)ccc21.